The standard InChI is InChI=1S/C10H6ClFO2S/c1-14-10(13)9-4-6-7(12)2-5(11)3-8(6)15-9/h2-4H,1H3. The van der Waals surface area contributed by atoms with Crippen LogP contribution in [0.15, 0.2) is 18.2 Å². The van der Waals surface area contributed by atoms with Crippen LogP contribution in [0.2, 0.25) is 5.02 Å². The summed E-state index contributed by atoms with van der Waals surface area (Å²) < 4.78 is 18.6. The van der Waals surface area contributed by atoms with Crippen LogP contribution in [0.3, 0.4) is 0 Å². The number of hydrogen-bond donors (Lipinski definition) is 0. The van der Waals surface area contributed by atoms with Crippen molar-refractivity contribution in [2.75, 3.05) is 7.11 Å². The molecule has 78 valence electrons. The molecule has 0 radical (unpaired) electrons. The topological polar surface area (TPSA) is 26.3 Å². The van der Waals surface area contributed by atoms with E-state index in [0.29, 0.717) is 20.0 Å². The normalized spacial score (nSPS) is 10.6. The van der Waals surface area contributed by atoms with E-state index in [-0.39, 0.29) is 0 Å². The second-order valence-electron chi connectivity index (χ2n) is 2.90. The van der Waals surface area contributed by atoms with E-state index in [4.69, 9.17) is 11.6 Å². The molecule has 2 rings (SSSR count). The highest BCUT2D eigenvalue weighted by Crippen LogP contribution is 2.30. The highest BCUT2D eigenvalue weighted by Gasteiger charge is 2.13. The molecule has 2 nitrogen and oxygen atoms in total. The van der Waals surface area contributed by atoms with Crippen LogP contribution in [0.5, 0.6) is 0 Å². The van der Waals surface area contributed by atoms with Crippen LogP contribution >= 0.6 is 22.9 Å². The number of carbonyl (C=O) groups excluding carboxylic acids is 1. The van der Waals surface area contributed by atoms with Gasteiger partial charge < -0.3 is 4.74 Å². The van der Waals surface area contributed by atoms with Crippen molar-refractivity contribution in [3.05, 3.63) is 33.9 Å². The van der Waals surface area contributed by atoms with Crippen LogP contribution in [-0.4, -0.2) is 13.1 Å². The largest absolute Gasteiger partial charge is 0.465 e. The van der Waals surface area contributed by atoms with Crippen molar-refractivity contribution in [1.29, 1.82) is 0 Å². The van der Waals surface area contributed by atoms with Crippen molar-refractivity contribution in [3.8, 4) is 0 Å². The fourth-order valence-corrected chi connectivity index (χ4v) is 2.57. The third-order valence-corrected chi connectivity index (χ3v) is 3.22. The lowest BCUT2D eigenvalue weighted by molar-refractivity contribution is 0.0606. The molecular formula is C10H6ClFO2S. The Morgan fingerprint density at radius 2 is 2.20 bits per heavy atom. The third-order valence-electron chi connectivity index (χ3n) is 1.94. The summed E-state index contributed by atoms with van der Waals surface area (Å²) in [5, 5.41) is 0.711. The Bertz CT molecular complexity index is 535. The lowest BCUT2D eigenvalue weighted by Crippen LogP contribution is -1.96. The minimum atomic E-state index is -0.466. The molecule has 1 heterocycles. The van der Waals surface area contributed by atoms with E-state index in [1.165, 1.54) is 19.2 Å². The van der Waals surface area contributed by atoms with Crippen molar-refractivity contribution >= 4 is 39.0 Å². The number of methoxy groups -OCH3 is 1. The summed E-state index contributed by atoms with van der Waals surface area (Å²) in [4.78, 5) is 11.6. The van der Waals surface area contributed by atoms with Crippen molar-refractivity contribution in [1.82, 2.24) is 0 Å². The van der Waals surface area contributed by atoms with Crippen LogP contribution in [0.4, 0.5) is 4.39 Å². The van der Waals surface area contributed by atoms with Crippen LogP contribution in [0.25, 0.3) is 10.1 Å². The zero-order valence-electron chi connectivity index (χ0n) is 7.71. The Morgan fingerprint density at radius 3 is 2.87 bits per heavy atom. The van der Waals surface area contributed by atoms with Gasteiger partial charge in [0.2, 0.25) is 0 Å². The Labute approximate surface area is 94.2 Å². The van der Waals surface area contributed by atoms with Gasteiger partial charge in [0.25, 0.3) is 0 Å². The van der Waals surface area contributed by atoms with Gasteiger partial charge in [0.1, 0.15) is 10.7 Å². The number of halogens is 2. The monoisotopic (exact) mass is 244 g/mol. The Hall–Kier alpha value is -1.13. The first-order valence-electron chi connectivity index (χ1n) is 4.08. The van der Waals surface area contributed by atoms with E-state index in [2.05, 4.69) is 4.74 Å². The number of hydrogen-bond acceptors (Lipinski definition) is 3. The van der Waals surface area contributed by atoms with E-state index in [9.17, 15) is 9.18 Å². The van der Waals surface area contributed by atoms with Crippen LogP contribution < -0.4 is 0 Å². The van der Waals surface area contributed by atoms with E-state index in [1.54, 1.807) is 6.07 Å². The van der Waals surface area contributed by atoms with Crippen LogP contribution in [0.1, 0.15) is 9.67 Å². The fourth-order valence-electron chi connectivity index (χ4n) is 1.27. The lowest BCUT2D eigenvalue weighted by Gasteiger charge is -1.92. The predicted molar refractivity (Wildman–Crippen MR) is 58.1 cm³/mol. The summed E-state index contributed by atoms with van der Waals surface area (Å²) in [6.07, 6.45) is 0. The number of fused-ring (bicyclic) bond motifs is 1. The molecule has 5 heteroatoms. The Morgan fingerprint density at radius 1 is 1.47 bits per heavy atom. The van der Waals surface area contributed by atoms with E-state index < -0.39 is 11.8 Å². The summed E-state index contributed by atoms with van der Waals surface area (Å²) in [6, 6.07) is 4.31. The maximum atomic E-state index is 13.4. The number of rotatable bonds is 1. The highest BCUT2D eigenvalue weighted by molar-refractivity contribution is 7.20. The molecule has 15 heavy (non-hydrogen) atoms. The van der Waals surface area contributed by atoms with E-state index in [0.717, 1.165) is 11.3 Å². The maximum Gasteiger partial charge on any atom is 0.348 e. The van der Waals surface area contributed by atoms with Crippen LogP contribution in [0, 0.1) is 5.82 Å². The molecule has 0 bridgehead atoms. The summed E-state index contributed by atoms with van der Waals surface area (Å²) in [7, 11) is 1.29. The predicted octanol–water partition coefficient (Wildman–Crippen LogP) is 3.48. The SMILES string of the molecule is COC(=O)c1cc2c(F)cc(Cl)cc2s1. The molecule has 0 amide bonds. The van der Waals surface area contributed by atoms with Gasteiger partial charge in [-0.15, -0.1) is 11.3 Å². The molecule has 2 aromatic rings. The van der Waals surface area contributed by atoms with Gasteiger partial charge in [-0.05, 0) is 18.2 Å². The van der Waals surface area contributed by atoms with Gasteiger partial charge in [-0.1, -0.05) is 11.6 Å². The molecule has 0 spiro atoms. The molecule has 0 saturated heterocycles. The molecule has 0 fully saturated rings. The average molecular weight is 245 g/mol. The first kappa shape index (κ1) is 10.4. The fraction of sp³-hybridized carbons (Fsp3) is 0.100. The zero-order chi connectivity index (χ0) is 11.0. The van der Waals surface area contributed by atoms with E-state index >= 15 is 0 Å². The molecule has 0 atom stereocenters. The highest BCUT2D eigenvalue weighted by atomic mass is 35.5. The molecule has 1 aromatic heterocycles. The Balaban J connectivity index is 2.65. The number of ether oxygens (including phenoxy) is 1. The number of thiophene rings is 1. The van der Waals surface area contributed by atoms with Gasteiger partial charge in [0, 0.05) is 15.1 Å². The van der Waals surface area contributed by atoms with Gasteiger partial charge >= 0.3 is 5.97 Å². The minimum absolute atomic E-state index is 0.318. The van der Waals surface area contributed by atoms with Crippen LogP contribution in [-0.2, 0) is 4.74 Å². The van der Waals surface area contributed by atoms with Crippen molar-refractivity contribution in [3.63, 3.8) is 0 Å². The first-order valence-corrected chi connectivity index (χ1v) is 5.28. The van der Waals surface area contributed by atoms with Gasteiger partial charge in [-0.3, -0.25) is 0 Å². The summed E-state index contributed by atoms with van der Waals surface area (Å²) in [6.45, 7) is 0. The quantitative estimate of drug-likeness (QED) is 0.718. The molecular weight excluding hydrogens is 239 g/mol. The smallest absolute Gasteiger partial charge is 0.348 e. The molecule has 1 aromatic carbocycles. The lowest BCUT2D eigenvalue weighted by atomic mass is 10.2. The zero-order valence-corrected chi connectivity index (χ0v) is 9.29. The Kier molecular flexibility index (Phi) is 2.63. The van der Waals surface area contributed by atoms with Crippen molar-refractivity contribution in [2.45, 2.75) is 0 Å². The van der Waals surface area contributed by atoms with Gasteiger partial charge in [-0.25, -0.2) is 9.18 Å². The summed E-state index contributed by atoms with van der Waals surface area (Å²) in [5.74, 6) is -0.893. The summed E-state index contributed by atoms with van der Waals surface area (Å²) >= 11 is 6.86. The summed E-state index contributed by atoms with van der Waals surface area (Å²) in [5.41, 5.74) is 0. The molecule has 0 N–H and O–H groups in total. The van der Waals surface area contributed by atoms with E-state index in [1.807, 2.05) is 0 Å². The maximum absolute atomic E-state index is 13.4. The second-order valence-corrected chi connectivity index (χ2v) is 4.42. The number of esters is 1. The molecule has 0 unspecified atom stereocenters. The van der Waals surface area contributed by atoms with Crippen molar-refractivity contribution < 1.29 is 13.9 Å². The minimum Gasteiger partial charge on any atom is -0.465 e. The van der Waals surface area contributed by atoms with Gasteiger partial charge in [-0.2, -0.15) is 0 Å². The number of benzene rings is 1. The number of carbonyl (C=O) groups is 1. The third kappa shape index (κ3) is 1.82. The van der Waals surface area contributed by atoms with Gasteiger partial charge in [0.05, 0.1) is 7.11 Å². The van der Waals surface area contributed by atoms with Crippen molar-refractivity contribution in [2.24, 2.45) is 0 Å². The molecule has 0 aliphatic carbocycles. The van der Waals surface area contributed by atoms with Gasteiger partial charge in [0.15, 0.2) is 0 Å². The average Bonchev–Trinajstić information content (AvgIpc) is 2.60. The second kappa shape index (κ2) is 3.79. The molecule has 0 aliphatic heterocycles. The molecule has 0 saturated carbocycles. The molecule has 0 aliphatic rings. The first-order chi connectivity index (χ1) is 7.11.